The van der Waals surface area contributed by atoms with Gasteiger partial charge in [0.25, 0.3) is 0 Å². The van der Waals surface area contributed by atoms with Gasteiger partial charge >= 0.3 is 0 Å². The number of nitrogens with one attached hydrogen (secondary N) is 1. The summed E-state index contributed by atoms with van der Waals surface area (Å²) in [5.41, 5.74) is 10.2. The molecule has 0 saturated carbocycles. The molecule has 108 valence electrons. The number of rotatable bonds is 4. The summed E-state index contributed by atoms with van der Waals surface area (Å²) in [7, 11) is 1.95. The van der Waals surface area contributed by atoms with Gasteiger partial charge in [0.15, 0.2) is 0 Å². The predicted octanol–water partition coefficient (Wildman–Crippen LogP) is 1.89. The number of hydrogen-bond donors (Lipinski definition) is 2. The van der Waals surface area contributed by atoms with Gasteiger partial charge in [-0.05, 0) is 20.8 Å². The van der Waals surface area contributed by atoms with E-state index in [1.54, 1.807) is 0 Å². The van der Waals surface area contributed by atoms with Crippen molar-refractivity contribution in [3.8, 4) is 0 Å². The van der Waals surface area contributed by atoms with Crippen LogP contribution in [-0.2, 0) is 20.0 Å². The average molecular weight is 274 g/mol. The fraction of sp³-hybridized carbons (Fsp3) is 0.500. The molecule has 6 heteroatoms. The van der Waals surface area contributed by atoms with E-state index in [-0.39, 0.29) is 0 Å². The van der Waals surface area contributed by atoms with Gasteiger partial charge < -0.3 is 11.1 Å². The van der Waals surface area contributed by atoms with Crippen LogP contribution in [0.25, 0.3) is 0 Å². The first kappa shape index (κ1) is 14.3. The highest BCUT2D eigenvalue weighted by molar-refractivity contribution is 5.55. The van der Waals surface area contributed by atoms with Gasteiger partial charge in [0.1, 0.15) is 17.5 Å². The smallest absolute Gasteiger partial charge is 0.135 e. The van der Waals surface area contributed by atoms with Gasteiger partial charge in [0, 0.05) is 36.8 Å². The van der Waals surface area contributed by atoms with Crippen LogP contribution in [-0.4, -0.2) is 19.7 Å². The minimum absolute atomic E-state index is 0.541. The van der Waals surface area contributed by atoms with E-state index in [0.717, 1.165) is 35.0 Å². The second-order valence-electron chi connectivity index (χ2n) is 4.98. The van der Waals surface area contributed by atoms with Gasteiger partial charge in [-0.3, -0.25) is 4.68 Å². The fourth-order valence-corrected chi connectivity index (χ4v) is 2.16. The molecular weight excluding hydrogens is 252 g/mol. The zero-order valence-electron chi connectivity index (χ0n) is 12.8. The van der Waals surface area contributed by atoms with Crippen molar-refractivity contribution in [2.45, 2.75) is 40.7 Å². The summed E-state index contributed by atoms with van der Waals surface area (Å²) in [5.74, 6) is 2.10. The Bertz CT molecular complexity index is 629. The van der Waals surface area contributed by atoms with Crippen LogP contribution in [0.4, 0.5) is 11.6 Å². The lowest BCUT2D eigenvalue weighted by Gasteiger charge is -2.11. The first-order valence-electron chi connectivity index (χ1n) is 6.80. The summed E-state index contributed by atoms with van der Waals surface area (Å²) in [6, 6.07) is 0. The van der Waals surface area contributed by atoms with Crippen molar-refractivity contribution in [3.63, 3.8) is 0 Å². The number of hydrogen-bond acceptors (Lipinski definition) is 5. The first-order chi connectivity index (χ1) is 9.43. The summed E-state index contributed by atoms with van der Waals surface area (Å²) in [5, 5.41) is 7.77. The highest BCUT2D eigenvalue weighted by Crippen LogP contribution is 2.20. The number of nitrogen functional groups attached to an aromatic ring is 1. The van der Waals surface area contributed by atoms with Gasteiger partial charge in [-0.25, -0.2) is 9.97 Å². The molecule has 0 bridgehead atoms. The van der Waals surface area contributed by atoms with Gasteiger partial charge in [-0.1, -0.05) is 6.92 Å². The molecule has 0 spiro atoms. The molecule has 2 aromatic heterocycles. The Kier molecular flexibility index (Phi) is 3.92. The molecule has 0 aliphatic heterocycles. The first-order valence-corrected chi connectivity index (χ1v) is 6.80. The van der Waals surface area contributed by atoms with E-state index in [2.05, 4.69) is 27.3 Å². The summed E-state index contributed by atoms with van der Waals surface area (Å²) in [6.07, 6.45) is 0.768. The highest BCUT2D eigenvalue weighted by atomic mass is 15.3. The Hall–Kier alpha value is -2.11. The van der Waals surface area contributed by atoms with Crippen molar-refractivity contribution in [2.24, 2.45) is 7.05 Å². The normalized spacial score (nSPS) is 10.8. The van der Waals surface area contributed by atoms with Crippen LogP contribution >= 0.6 is 0 Å². The SMILES string of the molecule is CCc1nc(N)c(C)c(NCc2c(C)nn(C)c2C)n1. The van der Waals surface area contributed by atoms with Gasteiger partial charge in [0.2, 0.25) is 0 Å². The molecule has 2 rings (SSSR count). The molecule has 0 radical (unpaired) electrons. The van der Waals surface area contributed by atoms with E-state index in [9.17, 15) is 0 Å². The Morgan fingerprint density at radius 3 is 2.45 bits per heavy atom. The third-order valence-electron chi connectivity index (χ3n) is 3.64. The van der Waals surface area contributed by atoms with Crippen molar-refractivity contribution in [2.75, 3.05) is 11.1 Å². The molecule has 0 aromatic carbocycles. The van der Waals surface area contributed by atoms with E-state index in [1.165, 1.54) is 5.56 Å². The molecular formula is C14H22N6. The Morgan fingerprint density at radius 1 is 1.20 bits per heavy atom. The predicted molar refractivity (Wildman–Crippen MR) is 80.6 cm³/mol. The Labute approximate surface area is 119 Å². The number of aryl methyl sites for hydroxylation is 3. The minimum atomic E-state index is 0.541. The van der Waals surface area contributed by atoms with E-state index < -0.39 is 0 Å². The molecule has 0 fully saturated rings. The second kappa shape index (κ2) is 5.48. The number of aromatic nitrogens is 4. The molecule has 20 heavy (non-hydrogen) atoms. The standard InChI is InChI=1S/C14H22N6/c1-6-12-17-13(15)8(2)14(18-12)16-7-11-9(3)19-20(5)10(11)4/h6-7H2,1-5H3,(H3,15,16,17,18). The molecule has 0 unspecified atom stereocenters. The summed E-state index contributed by atoms with van der Waals surface area (Å²) >= 11 is 0. The van der Waals surface area contributed by atoms with Gasteiger partial charge in [-0.2, -0.15) is 5.10 Å². The maximum Gasteiger partial charge on any atom is 0.135 e. The van der Waals surface area contributed by atoms with Crippen LogP contribution in [0.2, 0.25) is 0 Å². The van der Waals surface area contributed by atoms with Crippen LogP contribution in [0.1, 0.15) is 35.3 Å². The fourth-order valence-electron chi connectivity index (χ4n) is 2.16. The lowest BCUT2D eigenvalue weighted by atomic mass is 10.2. The molecule has 0 aliphatic rings. The zero-order valence-corrected chi connectivity index (χ0v) is 12.8. The lowest BCUT2D eigenvalue weighted by molar-refractivity contribution is 0.730. The van der Waals surface area contributed by atoms with Gasteiger partial charge in [0.05, 0.1) is 5.69 Å². The maximum absolute atomic E-state index is 5.92. The molecule has 2 aromatic rings. The number of nitrogens with zero attached hydrogens (tertiary/aromatic N) is 4. The summed E-state index contributed by atoms with van der Waals surface area (Å²) < 4.78 is 1.89. The van der Waals surface area contributed by atoms with Crippen molar-refractivity contribution >= 4 is 11.6 Å². The summed E-state index contributed by atoms with van der Waals surface area (Å²) in [4.78, 5) is 8.76. The second-order valence-corrected chi connectivity index (χ2v) is 4.98. The van der Waals surface area contributed by atoms with Crippen molar-refractivity contribution < 1.29 is 0 Å². The van der Waals surface area contributed by atoms with Crippen LogP contribution in [0.15, 0.2) is 0 Å². The molecule has 2 heterocycles. The average Bonchev–Trinajstić information content (AvgIpc) is 2.65. The largest absolute Gasteiger partial charge is 0.383 e. The topological polar surface area (TPSA) is 81.6 Å². The van der Waals surface area contributed by atoms with Gasteiger partial charge in [-0.15, -0.1) is 0 Å². The number of nitrogens with two attached hydrogens (primary N) is 1. The minimum Gasteiger partial charge on any atom is -0.383 e. The Morgan fingerprint density at radius 2 is 1.90 bits per heavy atom. The third-order valence-corrected chi connectivity index (χ3v) is 3.64. The van der Waals surface area contributed by atoms with Crippen LogP contribution in [0.5, 0.6) is 0 Å². The van der Waals surface area contributed by atoms with Crippen molar-refractivity contribution in [1.29, 1.82) is 0 Å². The molecule has 0 aliphatic carbocycles. The molecule has 3 N–H and O–H groups in total. The summed E-state index contributed by atoms with van der Waals surface area (Å²) in [6.45, 7) is 8.72. The van der Waals surface area contributed by atoms with E-state index in [0.29, 0.717) is 12.4 Å². The van der Waals surface area contributed by atoms with E-state index in [1.807, 2.05) is 32.5 Å². The van der Waals surface area contributed by atoms with Crippen LogP contribution in [0.3, 0.4) is 0 Å². The molecule has 0 atom stereocenters. The van der Waals surface area contributed by atoms with Crippen LogP contribution < -0.4 is 11.1 Å². The molecule has 0 saturated heterocycles. The quantitative estimate of drug-likeness (QED) is 0.889. The third kappa shape index (κ3) is 2.59. The van der Waals surface area contributed by atoms with Crippen molar-refractivity contribution in [3.05, 3.63) is 28.3 Å². The van der Waals surface area contributed by atoms with E-state index >= 15 is 0 Å². The van der Waals surface area contributed by atoms with Crippen molar-refractivity contribution in [1.82, 2.24) is 19.7 Å². The molecule has 6 nitrogen and oxygen atoms in total. The van der Waals surface area contributed by atoms with Crippen LogP contribution in [0, 0.1) is 20.8 Å². The lowest BCUT2D eigenvalue weighted by Crippen LogP contribution is -2.10. The van der Waals surface area contributed by atoms with E-state index in [4.69, 9.17) is 5.73 Å². The maximum atomic E-state index is 5.92. The monoisotopic (exact) mass is 274 g/mol. The zero-order chi connectivity index (χ0) is 14.9. The highest BCUT2D eigenvalue weighted by Gasteiger charge is 2.12. The molecule has 0 amide bonds. The Balaban J connectivity index is 2.25. The number of anilines is 2.